The maximum Gasteiger partial charge on any atom is 0.251 e. The molecule has 0 radical (unpaired) electrons. The van der Waals surface area contributed by atoms with Gasteiger partial charge in [-0.2, -0.15) is 11.8 Å². The van der Waals surface area contributed by atoms with E-state index in [9.17, 15) is 4.79 Å². The number of thioether (sulfide) groups is 1. The van der Waals surface area contributed by atoms with Gasteiger partial charge in [0.15, 0.2) is 0 Å². The van der Waals surface area contributed by atoms with Crippen LogP contribution in [0.3, 0.4) is 0 Å². The number of rotatable bonds is 6. The highest BCUT2D eigenvalue weighted by Gasteiger charge is 2.29. The molecule has 1 N–H and O–H groups in total. The Balaban J connectivity index is 2.04. The summed E-state index contributed by atoms with van der Waals surface area (Å²) in [7, 11) is 1.65. The highest BCUT2D eigenvalue weighted by atomic mass is 32.2. The number of hydrogen-bond donors (Lipinski definition) is 1. The number of nitrogens with one attached hydrogen (secondary N) is 1. The first-order valence-corrected chi connectivity index (χ1v) is 8.30. The Morgan fingerprint density at radius 1 is 1.40 bits per heavy atom. The predicted octanol–water partition coefficient (Wildman–Crippen LogP) is 3.24. The zero-order valence-corrected chi connectivity index (χ0v) is 13.0. The summed E-state index contributed by atoms with van der Waals surface area (Å²) in [5.74, 6) is 1.14. The van der Waals surface area contributed by atoms with Crippen molar-refractivity contribution < 1.29 is 9.53 Å². The maximum atomic E-state index is 12.5. The van der Waals surface area contributed by atoms with E-state index in [1.165, 1.54) is 12.8 Å². The fourth-order valence-electron chi connectivity index (χ4n) is 2.77. The van der Waals surface area contributed by atoms with Crippen LogP contribution in [-0.2, 0) is 11.3 Å². The fourth-order valence-corrected chi connectivity index (χ4v) is 3.97. The summed E-state index contributed by atoms with van der Waals surface area (Å²) >= 11 is 1.96. The van der Waals surface area contributed by atoms with Crippen LogP contribution in [0.4, 0.5) is 0 Å². The Hall–Kier alpha value is -1.00. The first-order valence-electron chi connectivity index (χ1n) is 7.25. The third-order valence-electron chi connectivity index (χ3n) is 3.71. The number of carbonyl (C=O) groups is 1. The first-order chi connectivity index (χ1) is 9.76. The van der Waals surface area contributed by atoms with Gasteiger partial charge >= 0.3 is 0 Å². The number of hydrogen-bond acceptors (Lipinski definition) is 3. The average molecular weight is 293 g/mol. The largest absolute Gasteiger partial charge is 0.380 e. The molecule has 0 unspecified atom stereocenters. The average Bonchev–Trinajstić information content (AvgIpc) is 2.87. The number of amides is 1. The van der Waals surface area contributed by atoms with Crippen LogP contribution in [0.2, 0.25) is 0 Å². The summed E-state index contributed by atoms with van der Waals surface area (Å²) in [5, 5.41) is 3.78. The smallest absolute Gasteiger partial charge is 0.251 e. The molecule has 20 heavy (non-hydrogen) atoms. The Labute approximate surface area is 125 Å². The Morgan fingerprint density at radius 3 is 2.95 bits per heavy atom. The van der Waals surface area contributed by atoms with Gasteiger partial charge in [0, 0.05) is 24.0 Å². The van der Waals surface area contributed by atoms with E-state index in [1.807, 2.05) is 36.0 Å². The van der Waals surface area contributed by atoms with Gasteiger partial charge in [0.25, 0.3) is 5.91 Å². The van der Waals surface area contributed by atoms with E-state index < -0.39 is 0 Å². The fraction of sp³-hybridized carbons (Fsp3) is 0.562. The van der Waals surface area contributed by atoms with Crippen molar-refractivity contribution in [2.24, 2.45) is 0 Å². The highest BCUT2D eigenvalue weighted by Crippen LogP contribution is 2.30. The van der Waals surface area contributed by atoms with Gasteiger partial charge in [-0.1, -0.05) is 31.5 Å². The molecule has 110 valence electrons. The van der Waals surface area contributed by atoms with Crippen molar-refractivity contribution in [3.8, 4) is 0 Å². The minimum Gasteiger partial charge on any atom is -0.380 e. The molecular formula is C16H23NO2S. The van der Waals surface area contributed by atoms with Crippen LogP contribution < -0.4 is 5.32 Å². The molecule has 1 aliphatic carbocycles. The first kappa shape index (κ1) is 15.4. The highest BCUT2D eigenvalue weighted by molar-refractivity contribution is 7.99. The lowest BCUT2D eigenvalue weighted by Crippen LogP contribution is -2.39. The van der Waals surface area contributed by atoms with E-state index in [2.05, 4.69) is 12.2 Å². The van der Waals surface area contributed by atoms with E-state index >= 15 is 0 Å². The van der Waals surface area contributed by atoms with Gasteiger partial charge in [-0.05, 0) is 30.2 Å². The standard InChI is InChI=1S/C16H23NO2S/c1-3-20-15-10-6-9-14(15)17-16(18)13-8-5-4-7-12(13)11-19-2/h4-5,7-8,14-15H,3,6,9-11H2,1-2H3,(H,17,18)/t14-,15-/m1/s1. The summed E-state index contributed by atoms with van der Waals surface area (Å²) in [6.45, 7) is 2.65. The summed E-state index contributed by atoms with van der Waals surface area (Å²) in [5.41, 5.74) is 1.69. The third kappa shape index (κ3) is 3.76. The molecule has 0 aromatic heterocycles. The molecule has 0 bridgehead atoms. The predicted molar refractivity (Wildman–Crippen MR) is 84.2 cm³/mol. The van der Waals surface area contributed by atoms with E-state index in [0.717, 1.165) is 23.3 Å². The molecule has 4 heteroatoms. The number of ether oxygens (including phenoxy) is 1. The lowest BCUT2D eigenvalue weighted by Gasteiger charge is -2.21. The molecule has 0 aliphatic heterocycles. The molecule has 1 fully saturated rings. The van der Waals surface area contributed by atoms with Crippen LogP contribution in [-0.4, -0.2) is 30.1 Å². The van der Waals surface area contributed by atoms with E-state index in [4.69, 9.17) is 4.74 Å². The molecule has 1 saturated carbocycles. The van der Waals surface area contributed by atoms with E-state index in [0.29, 0.717) is 17.9 Å². The lowest BCUT2D eigenvalue weighted by atomic mass is 10.1. The monoisotopic (exact) mass is 293 g/mol. The molecule has 1 aliphatic rings. The second kappa shape index (κ2) is 7.70. The summed E-state index contributed by atoms with van der Waals surface area (Å²) < 4.78 is 5.16. The zero-order valence-electron chi connectivity index (χ0n) is 12.2. The van der Waals surface area contributed by atoms with Crippen LogP contribution in [0.15, 0.2) is 24.3 Å². The van der Waals surface area contributed by atoms with E-state index in [-0.39, 0.29) is 5.91 Å². The van der Waals surface area contributed by atoms with Gasteiger partial charge in [0.1, 0.15) is 0 Å². The Bertz CT molecular complexity index is 450. The lowest BCUT2D eigenvalue weighted by molar-refractivity contribution is 0.0933. The SMILES string of the molecule is CCS[C@@H]1CCC[C@H]1NC(=O)c1ccccc1COC. The van der Waals surface area contributed by atoms with Crippen LogP contribution in [0.25, 0.3) is 0 Å². The molecule has 0 spiro atoms. The molecule has 1 amide bonds. The molecule has 2 atom stereocenters. The molecule has 0 heterocycles. The van der Waals surface area contributed by atoms with Gasteiger partial charge in [-0.15, -0.1) is 0 Å². The van der Waals surface area contributed by atoms with Crippen molar-refractivity contribution in [3.63, 3.8) is 0 Å². The third-order valence-corrected chi connectivity index (χ3v) is 5.04. The molecule has 2 rings (SSSR count). The number of carbonyl (C=O) groups excluding carboxylic acids is 1. The van der Waals surface area contributed by atoms with Crippen molar-refractivity contribution in [3.05, 3.63) is 35.4 Å². The second-order valence-electron chi connectivity index (χ2n) is 5.09. The summed E-state index contributed by atoms with van der Waals surface area (Å²) in [6, 6.07) is 7.98. The van der Waals surface area contributed by atoms with Crippen molar-refractivity contribution in [1.29, 1.82) is 0 Å². The van der Waals surface area contributed by atoms with Gasteiger partial charge in [0.2, 0.25) is 0 Å². The van der Waals surface area contributed by atoms with Crippen LogP contribution >= 0.6 is 11.8 Å². The topological polar surface area (TPSA) is 38.3 Å². The molecule has 3 nitrogen and oxygen atoms in total. The van der Waals surface area contributed by atoms with Crippen molar-refractivity contribution in [2.45, 2.75) is 44.1 Å². The van der Waals surface area contributed by atoms with Crippen LogP contribution in [0.5, 0.6) is 0 Å². The van der Waals surface area contributed by atoms with Gasteiger partial charge in [-0.3, -0.25) is 4.79 Å². The molecule has 1 aromatic rings. The van der Waals surface area contributed by atoms with E-state index in [1.54, 1.807) is 7.11 Å². The van der Waals surface area contributed by atoms with Gasteiger partial charge < -0.3 is 10.1 Å². The maximum absolute atomic E-state index is 12.5. The van der Waals surface area contributed by atoms with Gasteiger partial charge in [-0.25, -0.2) is 0 Å². The quantitative estimate of drug-likeness (QED) is 0.875. The molecule has 1 aromatic carbocycles. The Morgan fingerprint density at radius 2 is 2.20 bits per heavy atom. The number of benzene rings is 1. The van der Waals surface area contributed by atoms with Crippen molar-refractivity contribution in [2.75, 3.05) is 12.9 Å². The van der Waals surface area contributed by atoms with Crippen molar-refractivity contribution in [1.82, 2.24) is 5.32 Å². The Kier molecular flexibility index (Phi) is 5.92. The van der Waals surface area contributed by atoms with Crippen molar-refractivity contribution >= 4 is 17.7 Å². The summed E-state index contributed by atoms with van der Waals surface area (Å²) in [4.78, 5) is 12.5. The van der Waals surface area contributed by atoms with Crippen LogP contribution in [0.1, 0.15) is 42.1 Å². The zero-order chi connectivity index (χ0) is 14.4. The summed E-state index contributed by atoms with van der Waals surface area (Å²) in [6.07, 6.45) is 3.52. The normalized spacial score (nSPS) is 21.9. The second-order valence-corrected chi connectivity index (χ2v) is 6.61. The molecular weight excluding hydrogens is 270 g/mol. The molecule has 0 saturated heterocycles. The minimum atomic E-state index is 0.0336. The van der Waals surface area contributed by atoms with Gasteiger partial charge in [0.05, 0.1) is 6.61 Å². The number of methoxy groups -OCH3 is 1. The van der Waals surface area contributed by atoms with Crippen LogP contribution in [0, 0.1) is 0 Å². The minimum absolute atomic E-state index is 0.0336.